The van der Waals surface area contributed by atoms with Crippen molar-refractivity contribution in [1.82, 2.24) is 0 Å². The molecule has 2 unspecified atom stereocenters. The van der Waals surface area contributed by atoms with Crippen LogP contribution < -0.4 is 0 Å². The highest BCUT2D eigenvalue weighted by molar-refractivity contribution is 7.52. The van der Waals surface area contributed by atoms with Gasteiger partial charge in [-0.15, -0.1) is 0 Å². The van der Waals surface area contributed by atoms with Crippen molar-refractivity contribution in [3.8, 4) is 0 Å². The molecule has 0 aromatic rings. The van der Waals surface area contributed by atoms with Gasteiger partial charge in [0.05, 0.1) is 6.10 Å². The summed E-state index contributed by atoms with van der Waals surface area (Å²) in [7, 11) is -3.79. The SMILES string of the molecule is CCC(OP(C)(=O)F)C(C)C. The summed E-state index contributed by atoms with van der Waals surface area (Å²) in [5.41, 5.74) is 0. The molecule has 0 aromatic carbocycles. The van der Waals surface area contributed by atoms with Crippen LogP contribution in [0, 0.1) is 5.92 Å². The molecular formula is C7H16FO2P. The molecule has 11 heavy (non-hydrogen) atoms. The predicted octanol–water partition coefficient (Wildman–Crippen LogP) is 3.23. The molecule has 0 aliphatic heterocycles. The lowest BCUT2D eigenvalue weighted by atomic mass is 10.1. The van der Waals surface area contributed by atoms with Crippen LogP contribution in [0.5, 0.6) is 0 Å². The lowest BCUT2D eigenvalue weighted by molar-refractivity contribution is 0.140. The summed E-state index contributed by atoms with van der Waals surface area (Å²) in [6, 6.07) is 0. The minimum Gasteiger partial charge on any atom is -0.302 e. The van der Waals surface area contributed by atoms with E-state index in [0.29, 0.717) is 6.42 Å². The van der Waals surface area contributed by atoms with Crippen molar-refractivity contribution in [1.29, 1.82) is 0 Å². The van der Waals surface area contributed by atoms with E-state index in [0.717, 1.165) is 6.66 Å². The van der Waals surface area contributed by atoms with Crippen molar-refractivity contribution in [2.75, 3.05) is 6.66 Å². The van der Waals surface area contributed by atoms with Crippen LogP contribution in [0.3, 0.4) is 0 Å². The fourth-order valence-corrected chi connectivity index (χ4v) is 1.79. The second-order valence-electron chi connectivity index (χ2n) is 3.04. The standard InChI is InChI=1S/C7H16FO2P/c1-5-7(6(2)3)10-11(4,8)9/h6-7H,5H2,1-4H3. The molecule has 0 saturated heterocycles. The normalized spacial score (nSPS) is 19.8. The highest BCUT2D eigenvalue weighted by atomic mass is 31.2. The number of rotatable bonds is 4. The molecule has 0 bridgehead atoms. The highest BCUT2D eigenvalue weighted by Gasteiger charge is 2.21. The summed E-state index contributed by atoms with van der Waals surface area (Å²) in [4.78, 5) is 0. The number of halogens is 1. The first-order valence-electron chi connectivity index (χ1n) is 3.82. The van der Waals surface area contributed by atoms with Crippen molar-refractivity contribution in [3.63, 3.8) is 0 Å². The molecule has 0 radical (unpaired) electrons. The Morgan fingerprint density at radius 3 is 2.09 bits per heavy atom. The van der Waals surface area contributed by atoms with Crippen LogP contribution in [0.15, 0.2) is 0 Å². The Balaban J connectivity index is 3.99. The molecule has 0 N–H and O–H groups in total. The Morgan fingerprint density at radius 2 is 2.00 bits per heavy atom. The first-order valence-corrected chi connectivity index (χ1v) is 5.78. The highest BCUT2D eigenvalue weighted by Crippen LogP contribution is 2.46. The van der Waals surface area contributed by atoms with Crippen LogP contribution in [-0.4, -0.2) is 12.8 Å². The van der Waals surface area contributed by atoms with Gasteiger partial charge >= 0.3 is 7.68 Å². The summed E-state index contributed by atoms with van der Waals surface area (Å²) in [6.07, 6.45) is 0.468. The number of hydrogen-bond donors (Lipinski definition) is 0. The van der Waals surface area contributed by atoms with Crippen molar-refractivity contribution in [3.05, 3.63) is 0 Å². The molecule has 0 fully saturated rings. The second kappa shape index (κ2) is 4.22. The van der Waals surface area contributed by atoms with E-state index >= 15 is 0 Å². The number of hydrogen-bond acceptors (Lipinski definition) is 2. The Kier molecular flexibility index (Phi) is 4.27. The Bertz CT molecular complexity index is 153. The zero-order valence-corrected chi connectivity index (χ0v) is 8.40. The van der Waals surface area contributed by atoms with Gasteiger partial charge in [-0.05, 0) is 12.3 Å². The quantitative estimate of drug-likeness (QED) is 0.624. The largest absolute Gasteiger partial charge is 0.364 e. The summed E-state index contributed by atoms with van der Waals surface area (Å²) < 4.78 is 27.9. The summed E-state index contributed by atoms with van der Waals surface area (Å²) >= 11 is 0. The van der Waals surface area contributed by atoms with Gasteiger partial charge in [0.2, 0.25) is 0 Å². The van der Waals surface area contributed by atoms with Gasteiger partial charge in [0, 0.05) is 6.66 Å². The molecule has 0 aliphatic rings. The van der Waals surface area contributed by atoms with Crippen LogP contribution in [0.4, 0.5) is 4.20 Å². The average molecular weight is 182 g/mol. The van der Waals surface area contributed by atoms with Gasteiger partial charge in [-0.2, -0.15) is 4.20 Å². The molecule has 0 saturated carbocycles. The Morgan fingerprint density at radius 1 is 1.55 bits per heavy atom. The van der Waals surface area contributed by atoms with E-state index in [4.69, 9.17) is 4.52 Å². The van der Waals surface area contributed by atoms with E-state index in [2.05, 4.69) is 0 Å². The van der Waals surface area contributed by atoms with Gasteiger partial charge < -0.3 is 4.52 Å². The van der Waals surface area contributed by atoms with Gasteiger partial charge in [0.25, 0.3) is 0 Å². The lowest BCUT2D eigenvalue weighted by Gasteiger charge is -2.19. The van der Waals surface area contributed by atoms with E-state index in [1.54, 1.807) is 0 Å². The smallest absolute Gasteiger partial charge is 0.302 e. The Labute approximate surface area is 67.7 Å². The van der Waals surface area contributed by atoms with Crippen molar-refractivity contribution in [2.24, 2.45) is 5.92 Å². The minimum atomic E-state index is -3.79. The molecule has 0 heterocycles. The van der Waals surface area contributed by atoms with Gasteiger partial charge in [0.15, 0.2) is 0 Å². The van der Waals surface area contributed by atoms with Gasteiger partial charge in [0.1, 0.15) is 0 Å². The van der Waals surface area contributed by atoms with E-state index in [1.165, 1.54) is 0 Å². The summed E-state index contributed by atoms with van der Waals surface area (Å²) in [6.45, 7) is 6.73. The van der Waals surface area contributed by atoms with Crippen LogP contribution in [-0.2, 0) is 9.09 Å². The molecule has 0 rings (SSSR count). The Hall–Kier alpha value is 0.120. The fraction of sp³-hybridized carbons (Fsp3) is 1.00. The van der Waals surface area contributed by atoms with Crippen LogP contribution >= 0.6 is 7.68 Å². The van der Waals surface area contributed by atoms with E-state index in [1.807, 2.05) is 20.8 Å². The molecule has 0 spiro atoms. The lowest BCUT2D eigenvalue weighted by Crippen LogP contribution is -2.16. The van der Waals surface area contributed by atoms with Crippen molar-refractivity contribution >= 4 is 7.68 Å². The van der Waals surface area contributed by atoms with E-state index in [9.17, 15) is 8.76 Å². The molecule has 4 heteroatoms. The van der Waals surface area contributed by atoms with Crippen molar-refractivity contribution in [2.45, 2.75) is 33.3 Å². The van der Waals surface area contributed by atoms with Gasteiger partial charge in [-0.3, -0.25) is 4.57 Å². The first-order chi connectivity index (χ1) is 4.87. The third-order valence-corrected chi connectivity index (χ3v) is 2.12. The third-order valence-electron chi connectivity index (χ3n) is 1.47. The zero-order valence-electron chi connectivity index (χ0n) is 7.50. The van der Waals surface area contributed by atoms with Gasteiger partial charge in [-0.1, -0.05) is 20.8 Å². The fourth-order valence-electron chi connectivity index (χ4n) is 0.909. The topological polar surface area (TPSA) is 26.3 Å². The van der Waals surface area contributed by atoms with Crippen LogP contribution in [0.1, 0.15) is 27.2 Å². The van der Waals surface area contributed by atoms with Crippen LogP contribution in [0.25, 0.3) is 0 Å². The second-order valence-corrected chi connectivity index (χ2v) is 4.75. The third kappa shape index (κ3) is 5.40. The van der Waals surface area contributed by atoms with E-state index in [-0.39, 0.29) is 12.0 Å². The predicted molar refractivity (Wildman–Crippen MR) is 44.6 cm³/mol. The molecule has 2 atom stereocenters. The molecule has 2 nitrogen and oxygen atoms in total. The maximum absolute atomic E-state index is 12.5. The van der Waals surface area contributed by atoms with E-state index < -0.39 is 7.68 Å². The molecule has 0 amide bonds. The maximum Gasteiger partial charge on any atom is 0.364 e. The molecule has 68 valence electrons. The summed E-state index contributed by atoms with van der Waals surface area (Å²) in [5.74, 6) is 0.212. The van der Waals surface area contributed by atoms with Crippen molar-refractivity contribution < 1.29 is 13.3 Å². The minimum absolute atomic E-state index is 0.212. The zero-order chi connectivity index (χ0) is 9.07. The van der Waals surface area contributed by atoms with Crippen LogP contribution in [0.2, 0.25) is 0 Å². The summed E-state index contributed by atoms with van der Waals surface area (Å²) in [5, 5.41) is 0. The first kappa shape index (κ1) is 11.1. The molecule has 0 aromatic heterocycles. The molecular weight excluding hydrogens is 166 g/mol. The maximum atomic E-state index is 12.5. The molecule has 0 aliphatic carbocycles. The average Bonchev–Trinajstić information content (AvgIpc) is 1.80. The van der Waals surface area contributed by atoms with Gasteiger partial charge in [-0.25, -0.2) is 0 Å². The monoisotopic (exact) mass is 182 g/mol.